The largest absolute Gasteiger partial charge is 0.481 e. The third kappa shape index (κ3) is 12.2. The first-order valence-electron chi connectivity index (χ1n) is 16.0. The normalized spacial score (nSPS) is 17.9. The molecule has 2 aromatic carbocycles. The van der Waals surface area contributed by atoms with Gasteiger partial charge in [-0.3, -0.25) is 14.4 Å². The Bertz CT molecular complexity index is 1410. The maximum atomic E-state index is 13.3. The van der Waals surface area contributed by atoms with Crippen molar-refractivity contribution in [3.63, 3.8) is 0 Å². The Morgan fingerprint density at radius 2 is 1.40 bits per heavy atom. The molecule has 256 valence electrons. The van der Waals surface area contributed by atoms with Gasteiger partial charge in [-0.05, 0) is 80.2 Å². The zero-order valence-electron chi connectivity index (χ0n) is 26.3. The first-order chi connectivity index (χ1) is 22.5. The summed E-state index contributed by atoms with van der Waals surface area (Å²) in [6.07, 6.45) is 3.26. The molecule has 0 aliphatic heterocycles. The van der Waals surface area contributed by atoms with Gasteiger partial charge in [-0.25, -0.2) is 14.4 Å². The molecule has 1 aliphatic carbocycles. The number of hydrogen-bond acceptors (Lipinski definition) is 7. The van der Waals surface area contributed by atoms with E-state index in [0.29, 0.717) is 38.1 Å². The van der Waals surface area contributed by atoms with E-state index in [1.807, 2.05) is 42.5 Å². The zero-order chi connectivity index (χ0) is 34.3. The van der Waals surface area contributed by atoms with Crippen LogP contribution in [0.4, 0.5) is 4.79 Å². The number of carbonyl (C=O) groups is 6. The maximum Gasteiger partial charge on any atom is 0.326 e. The Balaban J connectivity index is 1.54. The highest BCUT2D eigenvalue weighted by Gasteiger charge is 2.29. The number of carbonyl (C=O) groups excluding carboxylic acids is 3. The summed E-state index contributed by atoms with van der Waals surface area (Å²) in [5.41, 5.74) is 6.68. The minimum atomic E-state index is -1.50. The number of carboxylic acid groups (broad SMARTS) is 3. The number of fused-ring (bicyclic) bond motifs is 1. The molecule has 0 spiro atoms. The van der Waals surface area contributed by atoms with Gasteiger partial charge in [0.15, 0.2) is 0 Å². The van der Waals surface area contributed by atoms with E-state index in [4.69, 9.17) is 10.8 Å². The summed E-state index contributed by atoms with van der Waals surface area (Å²) in [5, 5.41) is 39.7. The molecule has 3 rings (SSSR count). The Hall–Kier alpha value is -4.72. The van der Waals surface area contributed by atoms with E-state index in [0.717, 1.165) is 29.2 Å². The Kier molecular flexibility index (Phi) is 14.4. The van der Waals surface area contributed by atoms with E-state index in [1.54, 1.807) is 0 Å². The second kappa shape index (κ2) is 18.4. The van der Waals surface area contributed by atoms with Gasteiger partial charge in [0.05, 0.1) is 0 Å². The number of nitrogens with one attached hydrogen (secondary N) is 4. The molecule has 0 aromatic heterocycles. The number of aliphatic carboxylic acids is 3. The molecule has 4 amide bonds. The predicted octanol–water partition coefficient (Wildman–Crippen LogP) is 1.99. The highest BCUT2D eigenvalue weighted by Crippen LogP contribution is 2.28. The molecular formula is C33H45N5O9. The van der Waals surface area contributed by atoms with Crippen LogP contribution in [0.2, 0.25) is 0 Å². The number of rotatable bonds is 18. The summed E-state index contributed by atoms with van der Waals surface area (Å²) >= 11 is 0. The van der Waals surface area contributed by atoms with Gasteiger partial charge in [0.2, 0.25) is 11.8 Å². The molecule has 3 atom stereocenters. The molecule has 1 fully saturated rings. The number of nitrogens with two attached hydrogens (primary N) is 1. The first-order valence-corrected chi connectivity index (χ1v) is 16.0. The van der Waals surface area contributed by atoms with Gasteiger partial charge in [-0.1, -0.05) is 42.5 Å². The predicted molar refractivity (Wildman–Crippen MR) is 172 cm³/mol. The quantitative estimate of drug-likeness (QED) is 0.109. The first kappa shape index (κ1) is 36.7. The van der Waals surface area contributed by atoms with Crippen molar-refractivity contribution in [1.82, 2.24) is 21.3 Å². The highest BCUT2D eigenvalue weighted by atomic mass is 16.4. The SMILES string of the molecule is NCC1CCC(C(=O)N[C@H](Cc2ccc3ccccc3c2)C(=O)NCCCC[C@H](NC(=O)N[C@@H](CCC(=O)O)C(=O)O)C(=O)O)CC1. The molecule has 0 bridgehead atoms. The van der Waals surface area contributed by atoms with Crippen LogP contribution in [0.15, 0.2) is 42.5 Å². The van der Waals surface area contributed by atoms with E-state index in [9.17, 15) is 39.0 Å². The molecule has 14 nitrogen and oxygen atoms in total. The topological polar surface area (TPSA) is 237 Å². The molecule has 2 aromatic rings. The molecule has 0 unspecified atom stereocenters. The average molecular weight is 656 g/mol. The van der Waals surface area contributed by atoms with Gasteiger partial charge in [0.25, 0.3) is 0 Å². The van der Waals surface area contributed by atoms with Crippen molar-refractivity contribution in [1.29, 1.82) is 0 Å². The van der Waals surface area contributed by atoms with Crippen molar-refractivity contribution in [2.45, 2.75) is 82.3 Å². The van der Waals surface area contributed by atoms with Crippen molar-refractivity contribution >= 4 is 46.5 Å². The van der Waals surface area contributed by atoms with Crippen molar-refractivity contribution in [2.24, 2.45) is 17.6 Å². The van der Waals surface area contributed by atoms with Gasteiger partial charge in [-0.15, -0.1) is 0 Å². The minimum absolute atomic E-state index is 0.00574. The number of amides is 4. The monoisotopic (exact) mass is 655 g/mol. The number of benzene rings is 2. The van der Waals surface area contributed by atoms with Crippen molar-refractivity contribution in [3.8, 4) is 0 Å². The van der Waals surface area contributed by atoms with Crippen LogP contribution in [0.25, 0.3) is 10.8 Å². The maximum absolute atomic E-state index is 13.3. The van der Waals surface area contributed by atoms with Crippen molar-refractivity contribution < 1.29 is 44.1 Å². The number of hydrogen-bond donors (Lipinski definition) is 8. The molecule has 0 saturated heterocycles. The number of unbranched alkanes of at least 4 members (excludes halogenated alkanes) is 1. The lowest BCUT2D eigenvalue weighted by Gasteiger charge is -2.28. The van der Waals surface area contributed by atoms with E-state index in [-0.39, 0.29) is 43.5 Å². The zero-order valence-corrected chi connectivity index (χ0v) is 26.3. The van der Waals surface area contributed by atoms with Gasteiger partial charge in [0.1, 0.15) is 18.1 Å². The fourth-order valence-corrected chi connectivity index (χ4v) is 5.71. The highest BCUT2D eigenvalue weighted by molar-refractivity contribution is 5.89. The standard InChI is InChI=1S/C33H45N5O9/c34-19-20-8-12-23(13-9-20)29(41)36-27(18-21-10-11-22-5-1-2-6-24(22)17-21)30(42)35-16-4-3-7-25(31(43)44)37-33(47)38-26(32(45)46)14-15-28(39)40/h1-2,5-6,10-11,17,20,23,25-27H,3-4,7-9,12-16,18-19,34H2,(H,35,42)(H,36,41)(H,39,40)(H,43,44)(H,45,46)(H2,37,38,47)/t20?,23?,25-,26-,27+/m0/s1. The van der Waals surface area contributed by atoms with Crippen LogP contribution in [-0.4, -0.2) is 82.3 Å². The van der Waals surface area contributed by atoms with Gasteiger partial charge in [-0.2, -0.15) is 0 Å². The van der Waals surface area contributed by atoms with Crippen LogP contribution in [0.1, 0.15) is 63.4 Å². The average Bonchev–Trinajstić information content (AvgIpc) is 3.05. The fraction of sp³-hybridized carbons (Fsp3) is 0.515. The van der Waals surface area contributed by atoms with Crippen LogP contribution in [0.3, 0.4) is 0 Å². The number of urea groups is 1. The minimum Gasteiger partial charge on any atom is -0.481 e. The second-order valence-electron chi connectivity index (χ2n) is 12.0. The van der Waals surface area contributed by atoms with Crippen LogP contribution >= 0.6 is 0 Å². The molecular weight excluding hydrogens is 610 g/mol. The van der Waals surface area contributed by atoms with Crippen molar-refractivity contribution in [2.75, 3.05) is 13.1 Å². The van der Waals surface area contributed by atoms with E-state index in [2.05, 4.69) is 21.3 Å². The third-order valence-electron chi connectivity index (χ3n) is 8.51. The summed E-state index contributed by atoms with van der Waals surface area (Å²) in [4.78, 5) is 72.5. The van der Waals surface area contributed by atoms with E-state index >= 15 is 0 Å². The lowest BCUT2D eigenvalue weighted by Crippen LogP contribution is -2.51. The Morgan fingerprint density at radius 3 is 2.02 bits per heavy atom. The summed E-state index contributed by atoms with van der Waals surface area (Å²) in [6.45, 7) is 0.789. The van der Waals surface area contributed by atoms with Gasteiger partial charge >= 0.3 is 23.9 Å². The molecule has 47 heavy (non-hydrogen) atoms. The lowest BCUT2D eigenvalue weighted by molar-refractivity contribution is -0.141. The molecule has 1 aliphatic rings. The van der Waals surface area contributed by atoms with E-state index < -0.39 is 48.5 Å². The van der Waals surface area contributed by atoms with Gasteiger partial charge < -0.3 is 42.3 Å². The summed E-state index contributed by atoms with van der Waals surface area (Å²) in [6, 6.07) is 9.04. The Morgan fingerprint density at radius 1 is 0.766 bits per heavy atom. The molecule has 0 radical (unpaired) electrons. The van der Waals surface area contributed by atoms with Crippen LogP contribution in [0, 0.1) is 11.8 Å². The second-order valence-corrected chi connectivity index (χ2v) is 12.0. The molecule has 14 heteroatoms. The van der Waals surface area contributed by atoms with E-state index in [1.165, 1.54) is 0 Å². The summed E-state index contributed by atoms with van der Waals surface area (Å²) in [5.74, 6) is -4.32. The third-order valence-corrected chi connectivity index (χ3v) is 8.51. The molecule has 0 heterocycles. The summed E-state index contributed by atoms with van der Waals surface area (Å²) in [7, 11) is 0. The fourth-order valence-electron chi connectivity index (χ4n) is 5.71. The number of carboxylic acids is 3. The lowest BCUT2D eigenvalue weighted by atomic mass is 9.81. The van der Waals surface area contributed by atoms with Gasteiger partial charge in [0, 0.05) is 25.3 Å². The van der Waals surface area contributed by atoms with Crippen LogP contribution in [0.5, 0.6) is 0 Å². The van der Waals surface area contributed by atoms with Crippen LogP contribution in [-0.2, 0) is 30.4 Å². The smallest absolute Gasteiger partial charge is 0.326 e. The molecule has 1 saturated carbocycles. The van der Waals surface area contributed by atoms with Crippen molar-refractivity contribution in [3.05, 3.63) is 48.0 Å². The Labute approximate surface area is 272 Å². The van der Waals surface area contributed by atoms with Crippen LogP contribution < -0.4 is 27.0 Å². The summed E-state index contributed by atoms with van der Waals surface area (Å²) < 4.78 is 0. The molecule has 9 N–H and O–H groups in total.